The van der Waals surface area contributed by atoms with Crippen LogP contribution in [-0.4, -0.2) is 28.8 Å². The number of hydrogen-bond acceptors (Lipinski definition) is 3. The molecule has 1 aliphatic heterocycles. The molecule has 2 aromatic rings. The Hall–Kier alpha value is -2.30. The van der Waals surface area contributed by atoms with Crippen molar-refractivity contribution in [3.8, 4) is 0 Å². The average molecular weight is 312 g/mol. The maximum absolute atomic E-state index is 12.2. The summed E-state index contributed by atoms with van der Waals surface area (Å²) in [6, 6.07) is 8.68. The lowest BCUT2D eigenvalue weighted by atomic mass is 10.2. The minimum atomic E-state index is -0.0801. The number of rotatable bonds is 5. The average Bonchev–Trinajstić information content (AvgIpc) is 3.24. The number of nitrogens with one attached hydrogen (secondary N) is 1. The summed E-state index contributed by atoms with van der Waals surface area (Å²) >= 11 is 0. The number of carbonyl (C=O) groups is 1. The number of benzene rings is 1. The molecular formula is C18H24N4O. The second-order valence-corrected chi connectivity index (χ2v) is 6.35. The molecule has 5 heteroatoms. The highest BCUT2D eigenvalue weighted by Gasteiger charge is 2.13. The highest BCUT2D eigenvalue weighted by molar-refractivity contribution is 5.93. The van der Waals surface area contributed by atoms with Crippen LogP contribution >= 0.6 is 0 Å². The first-order valence-corrected chi connectivity index (χ1v) is 8.30. The van der Waals surface area contributed by atoms with Gasteiger partial charge in [0.25, 0.3) is 5.91 Å². The highest BCUT2D eigenvalue weighted by atomic mass is 16.1. The summed E-state index contributed by atoms with van der Waals surface area (Å²) in [7, 11) is 0. The predicted molar refractivity (Wildman–Crippen MR) is 91.7 cm³/mol. The van der Waals surface area contributed by atoms with Gasteiger partial charge in [0.2, 0.25) is 0 Å². The maximum Gasteiger partial charge on any atom is 0.254 e. The van der Waals surface area contributed by atoms with E-state index in [-0.39, 0.29) is 11.9 Å². The van der Waals surface area contributed by atoms with Crippen molar-refractivity contribution in [2.75, 3.05) is 18.0 Å². The van der Waals surface area contributed by atoms with Gasteiger partial charge in [-0.2, -0.15) is 5.10 Å². The van der Waals surface area contributed by atoms with Crippen LogP contribution in [-0.2, 0) is 6.54 Å². The maximum atomic E-state index is 12.2. The SMILES string of the molecule is CC(C)n1cc(C(=O)NCc2cccc(N3CCCC3)c2)cn1. The first-order valence-electron chi connectivity index (χ1n) is 8.30. The van der Waals surface area contributed by atoms with Gasteiger partial charge in [-0.05, 0) is 44.4 Å². The van der Waals surface area contributed by atoms with Crippen molar-refractivity contribution in [3.63, 3.8) is 0 Å². The third kappa shape index (κ3) is 3.73. The molecule has 1 aromatic heterocycles. The van der Waals surface area contributed by atoms with Gasteiger partial charge < -0.3 is 10.2 Å². The van der Waals surface area contributed by atoms with Crippen LogP contribution in [0.25, 0.3) is 0 Å². The van der Waals surface area contributed by atoms with Gasteiger partial charge in [-0.15, -0.1) is 0 Å². The molecule has 0 spiro atoms. The monoisotopic (exact) mass is 312 g/mol. The largest absolute Gasteiger partial charge is 0.372 e. The number of nitrogens with zero attached hydrogens (tertiary/aromatic N) is 3. The molecular weight excluding hydrogens is 288 g/mol. The van der Waals surface area contributed by atoms with Gasteiger partial charge in [0.1, 0.15) is 0 Å². The molecule has 122 valence electrons. The fourth-order valence-electron chi connectivity index (χ4n) is 2.86. The third-order valence-electron chi connectivity index (χ3n) is 4.23. The lowest BCUT2D eigenvalue weighted by Gasteiger charge is -2.18. The summed E-state index contributed by atoms with van der Waals surface area (Å²) in [6.07, 6.45) is 5.94. The van der Waals surface area contributed by atoms with Crippen molar-refractivity contribution in [2.45, 2.75) is 39.3 Å². The van der Waals surface area contributed by atoms with Crippen molar-refractivity contribution < 1.29 is 4.79 Å². The molecule has 1 fully saturated rings. The van der Waals surface area contributed by atoms with Gasteiger partial charge in [-0.25, -0.2) is 0 Å². The van der Waals surface area contributed by atoms with Crippen molar-refractivity contribution >= 4 is 11.6 Å². The fraction of sp³-hybridized carbons (Fsp3) is 0.444. The highest BCUT2D eigenvalue weighted by Crippen LogP contribution is 2.21. The molecule has 1 aromatic carbocycles. The number of aromatic nitrogens is 2. The molecule has 0 aliphatic carbocycles. The van der Waals surface area contributed by atoms with Crippen LogP contribution in [0.15, 0.2) is 36.7 Å². The van der Waals surface area contributed by atoms with Gasteiger partial charge in [0.15, 0.2) is 0 Å². The van der Waals surface area contributed by atoms with Gasteiger partial charge in [0.05, 0.1) is 11.8 Å². The molecule has 0 atom stereocenters. The Bertz CT molecular complexity index is 671. The lowest BCUT2D eigenvalue weighted by molar-refractivity contribution is 0.0951. The first-order chi connectivity index (χ1) is 11.1. The van der Waals surface area contributed by atoms with E-state index in [2.05, 4.69) is 39.6 Å². The van der Waals surface area contributed by atoms with Gasteiger partial charge in [-0.1, -0.05) is 12.1 Å². The summed E-state index contributed by atoms with van der Waals surface area (Å²) in [4.78, 5) is 14.6. The second-order valence-electron chi connectivity index (χ2n) is 6.35. The lowest BCUT2D eigenvalue weighted by Crippen LogP contribution is -2.23. The van der Waals surface area contributed by atoms with E-state index in [1.165, 1.54) is 18.5 Å². The van der Waals surface area contributed by atoms with E-state index < -0.39 is 0 Å². The molecule has 1 aliphatic rings. The molecule has 1 N–H and O–H groups in total. The summed E-state index contributed by atoms with van der Waals surface area (Å²) < 4.78 is 1.79. The van der Waals surface area contributed by atoms with E-state index in [4.69, 9.17) is 0 Å². The Morgan fingerprint density at radius 2 is 2.09 bits per heavy atom. The second kappa shape index (κ2) is 6.86. The summed E-state index contributed by atoms with van der Waals surface area (Å²) in [5, 5.41) is 7.18. The predicted octanol–water partition coefficient (Wildman–Crippen LogP) is 2.99. The van der Waals surface area contributed by atoms with Gasteiger partial charge in [0, 0.05) is 37.6 Å². The number of hydrogen-bond donors (Lipinski definition) is 1. The van der Waals surface area contributed by atoms with Crippen LogP contribution < -0.4 is 10.2 Å². The van der Waals surface area contributed by atoms with Crippen LogP contribution in [0.2, 0.25) is 0 Å². The van der Waals surface area contributed by atoms with Crippen LogP contribution in [0.5, 0.6) is 0 Å². The zero-order valence-electron chi connectivity index (χ0n) is 13.8. The molecule has 0 radical (unpaired) electrons. The normalized spacial score (nSPS) is 14.5. The van der Waals surface area contributed by atoms with E-state index in [9.17, 15) is 4.79 Å². The van der Waals surface area contributed by atoms with E-state index >= 15 is 0 Å². The molecule has 0 bridgehead atoms. The summed E-state index contributed by atoms with van der Waals surface area (Å²) in [5.41, 5.74) is 2.98. The molecule has 2 heterocycles. The minimum Gasteiger partial charge on any atom is -0.372 e. The van der Waals surface area contributed by atoms with Crippen molar-refractivity contribution in [1.82, 2.24) is 15.1 Å². The molecule has 1 saturated heterocycles. The summed E-state index contributed by atoms with van der Waals surface area (Å²) in [5.74, 6) is -0.0801. The Morgan fingerprint density at radius 3 is 2.78 bits per heavy atom. The fourth-order valence-corrected chi connectivity index (χ4v) is 2.86. The molecule has 1 amide bonds. The zero-order chi connectivity index (χ0) is 16.2. The topological polar surface area (TPSA) is 50.2 Å². The Labute approximate surface area is 137 Å². The van der Waals surface area contributed by atoms with E-state index in [1.807, 2.05) is 13.8 Å². The van der Waals surface area contributed by atoms with E-state index in [0.29, 0.717) is 12.1 Å². The van der Waals surface area contributed by atoms with Crippen molar-refractivity contribution in [1.29, 1.82) is 0 Å². The van der Waals surface area contributed by atoms with Crippen molar-refractivity contribution in [3.05, 3.63) is 47.8 Å². The van der Waals surface area contributed by atoms with Crippen LogP contribution in [0.4, 0.5) is 5.69 Å². The smallest absolute Gasteiger partial charge is 0.254 e. The van der Waals surface area contributed by atoms with Crippen LogP contribution in [0.1, 0.15) is 48.7 Å². The number of anilines is 1. The Kier molecular flexibility index (Phi) is 4.65. The minimum absolute atomic E-state index is 0.0801. The molecule has 3 rings (SSSR count). The standard InChI is InChI=1S/C18H24N4O/c1-14(2)22-13-16(12-20-22)18(23)19-11-15-6-5-7-17(10-15)21-8-3-4-9-21/h5-7,10,12-14H,3-4,8-9,11H2,1-2H3,(H,19,23). The van der Waals surface area contributed by atoms with E-state index in [1.54, 1.807) is 17.1 Å². The van der Waals surface area contributed by atoms with Gasteiger partial charge in [-0.3, -0.25) is 9.48 Å². The molecule has 0 saturated carbocycles. The quantitative estimate of drug-likeness (QED) is 0.923. The first kappa shape index (κ1) is 15.6. The van der Waals surface area contributed by atoms with E-state index in [0.717, 1.165) is 18.7 Å². The number of amides is 1. The third-order valence-corrected chi connectivity index (χ3v) is 4.23. The van der Waals surface area contributed by atoms with Crippen molar-refractivity contribution in [2.24, 2.45) is 0 Å². The summed E-state index contributed by atoms with van der Waals surface area (Å²) in [6.45, 7) is 6.87. The Balaban J connectivity index is 1.61. The number of carbonyl (C=O) groups excluding carboxylic acids is 1. The molecule has 5 nitrogen and oxygen atoms in total. The zero-order valence-corrected chi connectivity index (χ0v) is 13.8. The molecule has 23 heavy (non-hydrogen) atoms. The van der Waals surface area contributed by atoms with Gasteiger partial charge >= 0.3 is 0 Å². The van der Waals surface area contributed by atoms with Crippen LogP contribution in [0, 0.1) is 0 Å². The molecule has 0 unspecified atom stereocenters. The Morgan fingerprint density at radius 1 is 1.30 bits per heavy atom. The van der Waals surface area contributed by atoms with Crippen LogP contribution in [0.3, 0.4) is 0 Å².